The second kappa shape index (κ2) is 9.51. The highest BCUT2D eigenvalue weighted by Gasteiger charge is 2.27. The van der Waals surface area contributed by atoms with E-state index in [1.807, 2.05) is 69.2 Å². The molecule has 0 heterocycles. The van der Waals surface area contributed by atoms with Crippen LogP contribution >= 0.6 is 0 Å². The first-order valence-electron chi connectivity index (χ1n) is 10.3. The van der Waals surface area contributed by atoms with Crippen molar-refractivity contribution in [3.63, 3.8) is 0 Å². The molecule has 3 rings (SSSR count). The first kappa shape index (κ1) is 22.2. The normalized spacial score (nSPS) is 11.3. The quantitative estimate of drug-likeness (QED) is 0.416. The average molecular weight is 421 g/mol. The van der Waals surface area contributed by atoms with Crippen LogP contribution in [-0.2, 0) is 4.74 Å². The van der Waals surface area contributed by atoms with E-state index in [2.05, 4.69) is 4.99 Å². The van der Waals surface area contributed by atoms with Gasteiger partial charge >= 0.3 is 5.97 Å². The number of aliphatic imine (C=N–C) groups is 1. The Balaban J connectivity index is 2.11. The zero-order valence-electron chi connectivity index (χ0n) is 18.5. The van der Waals surface area contributed by atoms with Gasteiger partial charge in [-0.2, -0.15) is 0 Å². The molecule has 2 aliphatic carbocycles. The molecule has 0 amide bonds. The highest BCUT2D eigenvalue weighted by Crippen LogP contribution is 2.42. The fraction of sp³-hybridized carbons (Fsp3) is 0.280. The van der Waals surface area contributed by atoms with Gasteiger partial charge in [0.1, 0.15) is 17.1 Å². The third kappa shape index (κ3) is 4.97. The van der Waals surface area contributed by atoms with Gasteiger partial charge in [0.25, 0.3) is 0 Å². The number of hydrogen-bond donors (Lipinski definition) is 1. The summed E-state index contributed by atoms with van der Waals surface area (Å²) < 4.78 is 11.0. The van der Waals surface area contributed by atoms with Crippen molar-refractivity contribution in [2.24, 2.45) is 4.99 Å². The molecule has 0 saturated heterocycles. The average Bonchev–Trinajstić information content (AvgIpc) is 2.84. The molecule has 0 spiro atoms. The minimum absolute atomic E-state index is 0.0159. The number of carbonyl (C=O) groups excluding carboxylic acids is 1. The number of ether oxygens (including phenoxy) is 2. The van der Waals surface area contributed by atoms with E-state index in [4.69, 9.17) is 9.47 Å². The second-order valence-electron chi connectivity index (χ2n) is 7.59. The van der Waals surface area contributed by atoms with Crippen LogP contribution in [0.1, 0.15) is 36.7 Å². The van der Waals surface area contributed by atoms with Crippen molar-refractivity contribution in [3.05, 3.63) is 59.7 Å². The second-order valence-corrected chi connectivity index (χ2v) is 7.59. The first-order chi connectivity index (χ1) is 14.8. The number of rotatable bonds is 7. The molecular formula is C25H28N2O4. The zero-order chi connectivity index (χ0) is 22.5. The topological polar surface area (TPSA) is 71.4 Å². The van der Waals surface area contributed by atoms with Gasteiger partial charge in [-0.25, -0.2) is 4.79 Å². The number of carbonyl (C=O) groups is 1. The Morgan fingerprint density at radius 3 is 2.45 bits per heavy atom. The summed E-state index contributed by atoms with van der Waals surface area (Å²) in [6, 6.07) is 14.9. The third-order valence-corrected chi connectivity index (χ3v) is 4.71. The highest BCUT2D eigenvalue weighted by atomic mass is 16.5. The fourth-order valence-corrected chi connectivity index (χ4v) is 3.29. The zero-order valence-corrected chi connectivity index (χ0v) is 18.5. The van der Waals surface area contributed by atoms with Gasteiger partial charge in [0.15, 0.2) is 0 Å². The number of esters is 1. The van der Waals surface area contributed by atoms with E-state index in [0.29, 0.717) is 22.4 Å². The monoisotopic (exact) mass is 420 g/mol. The summed E-state index contributed by atoms with van der Waals surface area (Å²) in [6.07, 6.45) is 1.56. The van der Waals surface area contributed by atoms with Gasteiger partial charge in [-0.1, -0.05) is 12.1 Å². The lowest BCUT2D eigenvalue weighted by atomic mass is 10.1. The summed E-state index contributed by atoms with van der Waals surface area (Å²) in [4.78, 5) is 19.1. The molecule has 162 valence electrons. The number of fused-ring (bicyclic) bond motifs is 1. The number of nitrogens with zero attached hydrogens (tertiary/aromatic N) is 2. The summed E-state index contributed by atoms with van der Waals surface area (Å²) >= 11 is 0. The minimum Gasteiger partial charge on any atom is -0.506 e. The van der Waals surface area contributed by atoms with E-state index in [9.17, 15) is 9.90 Å². The van der Waals surface area contributed by atoms with Crippen LogP contribution < -0.4 is 9.64 Å². The maximum atomic E-state index is 12.6. The maximum absolute atomic E-state index is 12.6. The largest absolute Gasteiger partial charge is 0.506 e. The Hall–Kier alpha value is -3.54. The molecule has 0 atom stereocenters. The van der Waals surface area contributed by atoms with Crippen molar-refractivity contribution in [2.45, 2.75) is 26.9 Å². The van der Waals surface area contributed by atoms with E-state index in [1.165, 1.54) is 0 Å². The van der Waals surface area contributed by atoms with Crippen LogP contribution in [-0.4, -0.2) is 44.1 Å². The first-order valence-corrected chi connectivity index (χ1v) is 10.3. The van der Waals surface area contributed by atoms with Crippen molar-refractivity contribution >= 4 is 23.6 Å². The van der Waals surface area contributed by atoms with Crippen LogP contribution in [0.4, 0.5) is 11.4 Å². The molecule has 2 aliphatic rings. The molecule has 1 aromatic carbocycles. The Kier molecular flexibility index (Phi) is 6.80. The maximum Gasteiger partial charge on any atom is 0.342 e. The molecule has 0 aromatic heterocycles. The van der Waals surface area contributed by atoms with Crippen molar-refractivity contribution in [1.29, 1.82) is 0 Å². The summed E-state index contributed by atoms with van der Waals surface area (Å²) in [7, 11) is 3.94. The third-order valence-electron chi connectivity index (χ3n) is 4.71. The van der Waals surface area contributed by atoms with Crippen LogP contribution in [0.15, 0.2) is 53.5 Å². The van der Waals surface area contributed by atoms with Gasteiger partial charge in [-0.05, 0) is 62.7 Å². The predicted octanol–water partition coefficient (Wildman–Crippen LogP) is 5.28. The van der Waals surface area contributed by atoms with E-state index in [-0.39, 0.29) is 24.0 Å². The summed E-state index contributed by atoms with van der Waals surface area (Å²) in [5.41, 5.74) is 3.62. The Morgan fingerprint density at radius 1 is 1.13 bits per heavy atom. The van der Waals surface area contributed by atoms with Gasteiger partial charge in [0, 0.05) is 37.1 Å². The molecule has 0 radical (unpaired) electrons. The van der Waals surface area contributed by atoms with Gasteiger partial charge in [-0.15, -0.1) is 0 Å². The number of anilines is 1. The van der Waals surface area contributed by atoms with Gasteiger partial charge in [0.2, 0.25) is 0 Å². The van der Waals surface area contributed by atoms with E-state index < -0.39 is 5.97 Å². The Labute approximate surface area is 183 Å². The molecule has 0 saturated carbocycles. The lowest BCUT2D eigenvalue weighted by Crippen LogP contribution is -2.07. The standard InChI is InChI=1S/C25H28N2O4/c1-6-30-25(29)23-20-9-7-8-19(31-16(2)3)14-21(20)22(24(23)28)15-26-17-10-12-18(13-11-17)27(4)5/h7-16,28H,6H2,1-5H3. The lowest BCUT2D eigenvalue weighted by Gasteiger charge is -2.11. The van der Waals surface area contributed by atoms with Crippen molar-refractivity contribution in [1.82, 2.24) is 0 Å². The molecule has 0 unspecified atom stereocenters. The van der Waals surface area contributed by atoms with Gasteiger partial charge < -0.3 is 19.5 Å². The van der Waals surface area contributed by atoms with E-state index in [1.54, 1.807) is 25.3 Å². The lowest BCUT2D eigenvalue weighted by molar-refractivity contribution is 0.0524. The number of aromatic hydroxyl groups is 1. The van der Waals surface area contributed by atoms with Crippen LogP contribution in [0.5, 0.6) is 11.5 Å². The van der Waals surface area contributed by atoms with Gasteiger partial charge in [-0.3, -0.25) is 4.99 Å². The van der Waals surface area contributed by atoms with Crippen LogP contribution in [0.3, 0.4) is 0 Å². The molecule has 0 bridgehead atoms. The molecular weight excluding hydrogens is 392 g/mol. The molecule has 1 aromatic rings. The Bertz CT molecular complexity index is 1060. The predicted molar refractivity (Wildman–Crippen MR) is 124 cm³/mol. The summed E-state index contributed by atoms with van der Waals surface area (Å²) in [5.74, 6) is -0.0864. The molecule has 6 heteroatoms. The summed E-state index contributed by atoms with van der Waals surface area (Å²) in [6.45, 7) is 5.83. The number of hydrogen-bond acceptors (Lipinski definition) is 6. The van der Waals surface area contributed by atoms with Gasteiger partial charge in [0.05, 0.1) is 18.4 Å². The van der Waals surface area contributed by atoms with Crippen molar-refractivity contribution in [3.8, 4) is 22.6 Å². The smallest absolute Gasteiger partial charge is 0.342 e. The van der Waals surface area contributed by atoms with Crippen molar-refractivity contribution in [2.75, 3.05) is 25.6 Å². The SMILES string of the molecule is CCOC(=O)c1c2cccc(OC(C)C)cc-2c(C=Nc2ccc(N(C)C)cc2)c1O. The minimum atomic E-state index is -0.572. The van der Waals surface area contributed by atoms with E-state index in [0.717, 1.165) is 11.4 Å². The molecule has 6 nitrogen and oxygen atoms in total. The van der Waals surface area contributed by atoms with Crippen LogP contribution in [0.2, 0.25) is 0 Å². The summed E-state index contributed by atoms with van der Waals surface area (Å²) in [5, 5.41) is 10.9. The molecule has 31 heavy (non-hydrogen) atoms. The molecule has 0 fully saturated rings. The number of benzene rings is 1. The van der Waals surface area contributed by atoms with E-state index >= 15 is 0 Å². The Morgan fingerprint density at radius 2 is 1.84 bits per heavy atom. The van der Waals surface area contributed by atoms with Crippen LogP contribution in [0, 0.1) is 0 Å². The molecule has 0 aliphatic heterocycles. The van der Waals surface area contributed by atoms with Crippen LogP contribution in [0.25, 0.3) is 11.1 Å². The highest BCUT2D eigenvalue weighted by molar-refractivity contribution is 6.10. The molecule has 1 N–H and O–H groups in total. The fourth-order valence-electron chi connectivity index (χ4n) is 3.29. The van der Waals surface area contributed by atoms with Crippen molar-refractivity contribution < 1.29 is 19.4 Å².